The van der Waals surface area contributed by atoms with Crippen molar-refractivity contribution < 1.29 is 0 Å². The maximum absolute atomic E-state index is 2.10. The molecule has 0 aliphatic heterocycles. The van der Waals surface area contributed by atoms with E-state index in [1.54, 1.807) is 11.3 Å². The molecule has 0 unspecified atom stereocenters. The first kappa shape index (κ1) is 5.57. The number of hydrogen-bond donors (Lipinski definition) is 0. The van der Waals surface area contributed by atoms with Gasteiger partial charge in [-0.3, -0.25) is 0 Å². The van der Waals surface area contributed by atoms with E-state index in [1.165, 1.54) is 4.88 Å². The third-order valence-corrected chi connectivity index (χ3v) is 1.71. The molecule has 1 aromatic rings. The fourth-order valence-electron chi connectivity index (χ4n) is 0.550. The molecule has 0 spiro atoms. The highest BCUT2D eigenvalue weighted by Gasteiger charge is 1.80. The smallest absolute Gasteiger partial charge is 0.0266 e. The summed E-state index contributed by atoms with van der Waals surface area (Å²) in [5.41, 5.74) is 0. The Labute approximate surface area is 53.5 Å². The Morgan fingerprint density at radius 3 is 3.00 bits per heavy atom. The fourth-order valence-corrected chi connectivity index (χ4v) is 1.24. The van der Waals surface area contributed by atoms with Crippen LogP contribution in [0.5, 0.6) is 0 Å². The van der Waals surface area contributed by atoms with Crippen molar-refractivity contribution in [1.29, 1.82) is 0 Å². The molecule has 0 atom stereocenters. The Hall–Kier alpha value is -0.560. The highest BCUT2D eigenvalue weighted by atomic mass is 32.1. The average molecular weight is 124 g/mol. The largest absolute Gasteiger partial charge is 0.144 e. The molecular formula is C7H8S. The summed E-state index contributed by atoms with van der Waals surface area (Å²) in [6.07, 6.45) is 4.15. The molecule has 1 aromatic heterocycles. The molecule has 0 aliphatic carbocycles. The molecular weight excluding hydrogens is 116 g/mol. The highest BCUT2D eigenvalue weighted by Crippen LogP contribution is 2.09. The van der Waals surface area contributed by atoms with Crippen LogP contribution in [0.4, 0.5) is 0 Å². The van der Waals surface area contributed by atoms with Crippen molar-refractivity contribution in [3.05, 3.63) is 28.5 Å². The normalized spacial score (nSPS) is 10.6. The van der Waals surface area contributed by atoms with Crippen molar-refractivity contribution in [1.82, 2.24) is 0 Å². The third-order valence-electron chi connectivity index (χ3n) is 0.874. The average Bonchev–Trinajstić information content (AvgIpc) is 2.19. The van der Waals surface area contributed by atoms with Crippen LogP contribution in [-0.4, -0.2) is 0 Å². The van der Waals surface area contributed by atoms with Gasteiger partial charge in [0.15, 0.2) is 0 Å². The molecule has 42 valence electrons. The van der Waals surface area contributed by atoms with Crippen molar-refractivity contribution in [2.24, 2.45) is 0 Å². The molecule has 0 saturated heterocycles. The van der Waals surface area contributed by atoms with Crippen LogP contribution in [0.2, 0.25) is 0 Å². The van der Waals surface area contributed by atoms with Gasteiger partial charge in [-0.05, 0) is 24.4 Å². The van der Waals surface area contributed by atoms with E-state index in [2.05, 4.69) is 23.6 Å². The quantitative estimate of drug-likeness (QED) is 0.540. The number of allylic oxidation sites excluding steroid dienone is 1. The van der Waals surface area contributed by atoms with E-state index in [-0.39, 0.29) is 0 Å². The van der Waals surface area contributed by atoms with Crippen LogP contribution >= 0.6 is 11.3 Å². The van der Waals surface area contributed by atoms with Gasteiger partial charge in [-0.25, -0.2) is 0 Å². The highest BCUT2D eigenvalue weighted by molar-refractivity contribution is 7.10. The van der Waals surface area contributed by atoms with Crippen molar-refractivity contribution in [2.75, 3.05) is 0 Å². The summed E-state index contributed by atoms with van der Waals surface area (Å²) in [5.74, 6) is 0. The van der Waals surface area contributed by atoms with Gasteiger partial charge < -0.3 is 0 Å². The predicted octanol–water partition coefficient (Wildman–Crippen LogP) is 2.78. The minimum absolute atomic E-state index is 1.33. The van der Waals surface area contributed by atoms with Gasteiger partial charge in [-0.1, -0.05) is 12.1 Å². The molecule has 0 radical (unpaired) electrons. The van der Waals surface area contributed by atoms with E-state index in [1.807, 2.05) is 13.0 Å². The zero-order valence-corrected chi connectivity index (χ0v) is 5.61. The SMILES string of the molecule is C/C=C/c1cccs1. The molecule has 0 bridgehead atoms. The van der Waals surface area contributed by atoms with Crippen LogP contribution in [-0.2, 0) is 0 Å². The molecule has 0 N–H and O–H groups in total. The van der Waals surface area contributed by atoms with E-state index in [0.717, 1.165) is 0 Å². The summed E-state index contributed by atoms with van der Waals surface area (Å²) < 4.78 is 0. The second-order valence-electron chi connectivity index (χ2n) is 1.52. The summed E-state index contributed by atoms with van der Waals surface area (Å²) in [6.45, 7) is 2.03. The second-order valence-corrected chi connectivity index (χ2v) is 2.49. The molecule has 0 saturated carbocycles. The van der Waals surface area contributed by atoms with Crippen LogP contribution in [0, 0.1) is 0 Å². The van der Waals surface area contributed by atoms with E-state index >= 15 is 0 Å². The molecule has 1 heterocycles. The molecule has 0 nitrogen and oxygen atoms in total. The van der Waals surface area contributed by atoms with Gasteiger partial charge >= 0.3 is 0 Å². The first-order valence-electron chi connectivity index (χ1n) is 2.59. The molecule has 0 aromatic carbocycles. The lowest BCUT2D eigenvalue weighted by Crippen LogP contribution is -1.50. The number of hydrogen-bond acceptors (Lipinski definition) is 1. The summed E-state index contributed by atoms with van der Waals surface area (Å²) in [7, 11) is 0. The van der Waals surface area contributed by atoms with Crippen molar-refractivity contribution in [3.63, 3.8) is 0 Å². The minimum atomic E-state index is 1.33. The minimum Gasteiger partial charge on any atom is -0.144 e. The Morgan fingerprint density at radius 2 is 2.50 bits per heavy atom. The van der Waals surface area contributed by atoms with Crippen molar-refractivity contribution in [3.8, 4) is 0 Å². The summed E-state index contributed by atoms with van der Waals surface area (Å²) in [5, 5.41) is 2.08. The Balaban J connectivity index is 2.77. The maximum atomic E-state index is 2.10. The van der Waals surface area contributed by atoms with Crippen LogP contribution in [0.25, 0.3) is 6.08 Å². The predicted molar refractivity (Wildman–Crippen MR) is 39.0 cm³/mol. The zero-order valence-electron chi connectivity index (χ0n) is 4.79. The molecule has 0 aliphatic rings. The van der Waals surface area contributed by atoms with Gasteiger partial charge in [-0.2, -0.15) is 0 Å². The van der Waals surface area contributed by atoms with E-state index < -0.39 is 0 Å². The summed E-state index contributed by atoms with van der Waals surface area (Å²) in [4.78, 5) is 1.33. The Morgan fingerprint density at radius 1 is 1.62 bits per heavy atom. The van der Waals surface area contributed by atoms with Gasteiger partial charge in [0.05, 0.1) is 0 Å². The van der Waals surface area contributed by atoms with Gasteiger partial charge in [-0.15, -0.1) is 11.3 Å². The topological polar surface area (TPSA) is 0 Å². The zero-order chi connectivity index (χ0) is 5.82. The van der Waals surface area contributed by atoms with Crippen LogP contribution < -0.4 is 0 Å². The monoisotopic (exact) mass is 124 g/mol. The van der Waals surface area contributed by atoms with Crippen LogP contribution in [0.1, 0.15) is 11.8 Å². The second kappa shape index (κ2) is 2.68. The van der Waals surface area contributed by atoms with Gasteiger partial charge in [0.2, 0.25) is 0 Å². The lowest BCUT2D eigenvalue weighted by atomic mass is 10.4. The number of thiophene rings is 1. The standard InChI is InChI=1S/C7H8S/c1-2-4-7-5-3-6-8-7/h2-6H,1H3/b4-2+. The van der Waals surface area contributed by atoms with E-state index in [4.69, 9.17) is 0 Å². The van der Waals surface area contributed by atoms with E-state index in [9.17, 15) is 0 Å². The molecule has 8 heavy (non-hydrogen) atoms. The fraction of sp³-hybridized carbons (Fsp3) is 0.143. The summed E-state index contributed by atoms with van der Waals surface area (Å²) >= 11 is 1.76. The lowest BCUT2D eigenvalue weighted by Gasteiger charge is -1.75. The van der Waals surface area contributed by atoms with Gasteiger partial charge in [0.25, 0.3) is 0 Å². The third kappa shape index (κ3) is 1.20. The Bertz CT molecular complexity index is 161. The van der Waals surface area contributed by atoms with Gasteiger partial charge in [0, 0.05) is 4.88 Å². The molecule has 1 heteroatoms. The Kier molecular flexibility index (Phi) is 1.86. The molecule has 0 fully saturated rings. The van der Waals surface area contributed by atoms with Crippen molar-refractivity contribution >= 4 is 17.4 Å². The molecule has 1 rings (SSSR count). The first-order chi connectivity index (χ1) is 3.93. The summed E-state index contributed by atoms with van der Waals surface area (Å²) in [6, 6.07) is 4.16. The van der Waals surface area contributed by atoms with E-state index in [0.29, 0.717) is 0 Å². The van der Waals surface area contributed by atoms with Crippen LogP contribution in [0.15, 0.2) is 23.6 Å². The van der Waals surface area contributed by atoms with Gasteiger partial charge in [0.1, 0.15) is 0 Å². The van der Waals surface area contributed by atoms with Crippen LogP contribution in [0.3, 0.4) is 0 Å². The molecule has 0 amide bonds. The van der Waals surface area contributed by atoms with Crippen molar-refractivity contribution in [2.45, 2.75) is 6.92 Å². The first-order valence-corrected chi connectivity index (χ1v) is 3.47. The maximum Gasteiger partial charge on any atom is 0.0266 e. The number of rotatable bonds is 1. The lowest BCUT2D eigenvalue weighted by molar-refractivity contribution is 1.79.